The molecular weight excluding hydrogens is 274 g/mol. The van der Waals surface area contributed by atoms with Gasteiger partial charge in [0, 0.05) is 23.7 Å². The van der Waals surface area contributed by atoms with E-state index >= 15 is 0 Å². The number of pyridine rings is 1. The number of hydrogen-bond acceptors (Lipinski definition) is 4. The molecule has 6 heteroatoms. The number of aromatic nitrogens is 1. The van der Waals surface area contributed by atoms with Gasteiger partial charge in [0.2, 0.25) is 10.0 Å². The zero-order valence-electron chi connectivity index (χ0n) is 11.0. The Hall–Kier alpha value is -1.50. The summed E-state index contributed by atoms with van der Waals surface area (Å²) in [5.41, 5.74) is 6.35. The fourth-order valence-electron chi connectivity index (χ4n) is 2.43. The van der Waals surface area contributed by atoms with E-state index in [2.05, 4.69) is 9.71 Å². The Labute approximate surface area is 118 Å². The molecule has 0 atom stereocenters. The first-order valence-corrected chi connectivity index (χ1v) is 8.11. The van der Waals surface area contributed by atoms with Crippen molar-refractivity contribution in [3.63, 3.8) is 0 Å². The maximum atomic E-state index is 12.4. The molecule has 0 bridgehead atoms. The van der Waals surface area contributed by atoms with Gasteiger partial charge >= 0.3 is 0 Å². The minimum absolute atomic E-state index is 0.256. The summed E-state index contributed by atoms with van der Waals surface area (Å²) < 4.78 is 27.5. The summed E-state index contributed by atoms with van der Waals surface area (Å²) in [6, 6.07) is 8.59. The Morgan fingerprint density at radius 1 is 1.25 bits per heavy atom. The number of rotatable bonds is 4. The normalized spacial score (nSPS) is 17.9. The lowest BCUT2D eigenvalue weighted by Crippen LogP contribution is -2.54. The molecule has 0 radical (unpaired) electrons. The number of nitrogens with zero attached hydrogens (tertiary/aromatic N) is 1. The van der Waals surface area contributed by atoms with Gasteiger partial charge in [-0.15, -0.1) is 0 Å². The fraction of sp³-hybridized carbons (Fsp3) is 0.357. The molecule has 1 aromatic heterocycles. The molecule has 0 saturated heterocycles. The lowest BCUT2D eigenvalue weighted by Gasteiger charge is -2.38. The highest BCUT2D eigenvalue weighted by Crippen LogP contribution is 2.29. The van der Waals surface area contributed by atoms with Crippen LogP contribution in [0.25, 0.3) is 10.9 Å². The summed E-state index contributed by atoms with van der Waals surface area (Å²) in [7, 11) is -3.57. The second-order valence-electron chi connectivity index (χ2n) is 5.37. The minimum Gasteiger partial charge on any atom is -0.324 e. The maximum absolute atomic E-state index is 12.4. The number of nitrogens with one attached hydrogen (secondary N) is 1. The van der Waals surface area contributed by atoms with Gasteiger partial charge in [-0.3, -0.25) is 4.98 Å². The van der Waals surface area contributed by atoms with E-state index in [1.165, 1.54) is 0 Å². The van der Waals surface area contributed by atoms with Crippen molar-refractivity contribution >= 4 is 20.9 Å². The highest BCUT2D eigenvalue weighted by atomic mass is 32.2. The van der Waals surface area contributed by atoms with Gasteiger partial charge in [0.1, 0.15) is 0 Å². The standard InChI is InChI=1S/C14H17N3O2S/c15-14(7-3-8-14)10-17-20(18,19)13-6-1-5-12-11(13)4-2-9-16-12/h1-2,4-6,9,17H,3,7-8,10,15H2. The number of benzene rings is 1. The highest BCUT2D eigenvalue weighted by molar-refractivity contribution is 7.89. The Kier molecular flexibility index (Phi) is 3.24. The zero-order valence-corrected chi connectivity index (χ0v) is 11.9. The largest absolute Gasteiger partial charge is 0.324 e. The van der Waals surface area contributed by atoms with Crippen molar-refractivity contribution in [2.24, 2.45) is 5.73 Å². The van der Waals surface area contributed by atoms with Crippen LogP contribution in [0.1, 0.15) is 19.3 Å². The first-order chi connectivity index (χ1) is 9.50. The molecular formula is C14H17N3O2S. The van der Waals surface area contributed by atoms with E-state index < -0.39 is 10.0 Å². The van der Waals surface area contributed by atoms with Crippen molar-refractivity contribution in [2.45, 2.75) is 29.7 Å². The van der Waals surface area contributed by atoms with E-state index in [0.29, 0.717) is 10.9 Å². The van der Waals surface area contributed by atoms with Crippen LogP contribution in [-0.4, -0.2) is 25.5 Å². The molecule has 0 aliphatic heterocycles. The molecule has 1 aromatic carbocycles. The number of hydrogen-bond donors (Lipinski definition) is 2. The van der Waals surface area contributed by atoms with Gasteiger partial charge in [-0.05, 0) is 43.5 Å². The van der Waals surface area contributed by atoms with Crippen LogP contribution in [0.2, 0.25) is 0 Å². The van der Waals surface area contributed by atoms with Gasteiger partial charge in [-0.1, -0.05) is 6.07 Å². The molecule has 3 N–H and O–H groups in total. The van der Waals surface area contributed by atoms with Crippen LogP contribution >= 0.6 is 0 Å². The van der Waals surface area contributed by atoms with Gasteiger partial charge in [0.15, 0.2) is 0 Å². The quantitative estimate of drug-likeness (QED) is 0.891. The SMILES string of the molecule is NC1(CNS(=O)(=O)c2cccc3ncccc23)CCC1. The fourth-order valence-corrected chi connectivity index (χ4v) is 3.79. The summed E-state index contributed by atoms with van der Waals surface area (Å²) in [5.74, 6) is 0. The number of sulfonamides is 1. The molecule has 2 aromatic rings. The monoisotopic (exact) mass is 291 g/mol. The van der Waals surface area contributed by atoms with Crippen LogP contribution in [0.15, 0.2) is 41.4 Å². The Balaban J connectivity index is 1.93. The summed E-state index contributed by atoms with van der Waals surface area (Å²) >= 11 is 0. The molecule has 0 spiro atoms. The van der Waals surface area contributed by atoms with Crippen molar-refractivity contribution in [2.75, 3.05) is 6.54 Å². The van der Waals surface area contributed by atoms with Crippen LogP contribution in [0.3, 0.4) is 0 Å². The van der Waals surface area contributed by atoms with Gasteiger partial charge in [0.25, 0.3) is 0 Å². The van der Waals surface area contributed by atoms with Crippen LogP contribution in [-0.2, 0) is 10.0 Å². The topological polar surface area (TPSA) is 85.1 Å². The van der Waals surface area contributed by atoms with Crippen LogP contribution in [0.4, 0.5) is 0 Å². The summed E-state index contributed by atoms with van der Waals surface area (Å²) in [4.78, 5) is 4.43. The van der Waals surface area contributed by atoms with E-state index in [-0.39, 0.29) is 17.0 Å². The zero-order chi connectivity index (χ0) is 14.2. The second-order valence-corrected chi connectivity index (χ2v) is 7.10. The van der Waals surface area contributed by atoms with E-state index in [0.717, 1.165) is 19.3 Å². The highest BCUT2D eigenvalue weighted by Gasteiger charge is 2.33. The van der Waals surface area contributed by atoms with Crippen LogP contribution in [0, 0.1) is 0 Å². The molecule has 0 unspecified atom stereocenters. The maximum Gasteiger partial charge on any atom is 0.241 e. The van der Waals surface area contributed by atoms with Crippen molar-refractivity contribution in [3.05, 3.63) is 36.5 Å². The summed E-state index contributed by atoms with van der Waals surface area (Å²) in [6.07, 6.45) is 4.45. The van der Waals surface area contributed by atoms with Crippen LogP contribution < -0.4 is 10.5 Å². The van der Waals surface area contributed by atoms with E-state index in [4.69, 9.17) is 5.73 Å². The molecule has 1 fully saturated rings. The Morgan fingerprint density at radius 2 is 2.05 bits per heavy atom. The average Bonchev–Trinajstić information content (AvgIpc) is 2.42. The van der Waals surface area contributed by atoms with Crippen molar-refractivity contribution in [3.8, 4) is 0 Å². The van der Waals surface area contributed by atoms with Crippen molar-refractivity contribution < 1.29 is 8.42 Å². The average molecular weight is 291 g/mol. The third-order valence-electron chi connectivity index (χ3n) is 3.86. The van der Waals surface area contributed by atoms with E-state index in [1.54, 1.807) is 36.5 Å². The van der Waals surface area contributed by atoms with Crippen molar-refractivity contribution in [1.29, 1.82) is 0 Å². The lowest BCUT2D eigenvalue weighted by molar-refractivity contribution is 0.251. The van der Waals surface area contributed by atoms with Gasteiger partial charge in [0.05, 0.1) is 10.4 Å². The third-order valence-corrected chi connectivity index (χ3v) is 5.32. The molecule has 20 heavy (non-hydrogen) atoms. The molecule has 1 heterocycles. The van der Waals surface area contributed by atoms with Crippen molar-refractivity contribution in [1.82, 2.24) is 9.71 Å². The Morgan fingerprint density at radius 3 is 2.75 bits per heavy atom. The predicted octanol–water partition coefficient (Wildman–Crippen LogP) is 1.39. The second kappa shape index (κ2) is 4.80. The van der Waals surface area contributed by atoms with Gasteiger partial charge in [-0.2, -0.15) is 0 Å². The first-order valence-electron chi connectivity index (χ1n) is 6.63. The number of fused-ring (bicyclic) bond motifs is 1. The molecule has 1 aliphatic carbocycles. The van der Waals surface area contributed by atoms with E-state index in [1.807, 2.05) is 0 Å². The lowest BCUT2D eigenvalue weighted by atomic mass is 9.78. The first kappa shape index (κ1) is 13.5. The Bertz CT molecular complexity index is 734. The predicted molar refractivity (Wildman–Crippen MR) is 77.7 cm³/mol. The number of nitrogens with two attached hydrogens (primary N) is 1. The molecule has 3 rings (SSSR count). The third kappa shape index (κ3) is 2.42. The smallest absolute Gasteiger partial charge is 0.241 e. The van der Waals surface area contributed by atoms with Gasteiger partial charge in [-0.25, -0.2) is 13.1 Å². The molecule has 5 nitrogen and oxygen atoms in total. The summed E-state index contributed by atoms with van der Waals surface area (Å²) in [6.45, 7) is 0.284. The van der Waals surface area contributed by atoms with E-state index in [9.17, 15) is 8.42 Å². The molecule has 1 saturated carbocycles. The molecule has 106 valence electrons. The summed E-state index contributed by atoms with van der Waals surface area (Å²) in [5, 5.41) is 0.627. The van der Waals surface area contributed by atoms with Gasteiger partial charge < -0.3 is 5.73 Å². The van der Waals surface area contributed by atoms with Crippen LogP contribution in [0.5, 0.6) is 0 Å². The molecule has 0 amide bonds. The molecule has 1 aliphatic rings. The minimum atomic E-state index is -3.57.